The Kier molecular flexibility index (Phi) is 7.60. The van der Waals surface area contributed by atoms with Gasteiger partial charge in [0.1, 0.15) is 0 Å². The van der Waals surface area contributed by atoms with Crippen LogP contribution in [0.3, 0.4) is 0 Å². The summed E-state index contributed by atoms with van der Waals surface area (Å²) in [6, 6.07) is 2.86. The molecule has 0 saturated heterocycles. The highest BCUT2D eigenvalue weighted by molar-refractivity contribution is 5.83. The van der Waals surface area contributed by atoms with Crippen LogP contribution in [0.2, 0.25) is 0 Å². The number of hydrogen-bond donors (Lipinski definition) is 1. The van der Waals surface area contributed by atoms with Gasteiger partial charge in [0.15, 0.2) is 12.3 Å². The summed E-state index contributed by atoms with van der Waals surface area (Å²) in [4.78, 5) is 19.2. The number of H-pyrrole nitrogens is 1. The molecule has 0 aliphatic heterocycles. The van der Waals surface area contributed by atoms with E-state index in [4.69, 9.17) is 14.2 Å². The molecule has 112 valence electrons. The Morgan fingerprint density at radius 3 is 2.50 bits per heavy atom. The maximum absolute atomic E-state index is 12.0. The number of aromatic amines is 1. The van der Waals surface area contributed by atoms with E-state index >= 15 is 0 Å². The van der Waals surface area contributed by atoms with Crippen LogP contribution < -0.4 is 0 Å². The predicted octanol–water partition coefficient (Wildman–Crippen LogP) is 1.76. The van der Waals surface area contributed by atoms with Crippen molar-refractivity contribution >= 4 is 12.2 Å². The highest BCUT2D eigenvalue weighted by atomic mass is 16.7. The molecule has 0 bridgehead atoms. The van der Waals surface area contributed by atoms with Crippen molar-refractivity contribution in [1.29, 1.82) is 0 Å². The first-order valence-electron chi connectivity index (χ1n) is 6.79. The van der Waals surface area contributed by atoms with Crippen LogP contribution in [-0.4, -0.2) is 49.3 Å². The first kappa shape index (κ1) is 16.4. The lowest BCUT2D eigenvalue weighted by atomic mass is 10.3. The van der Waals surface area contributed by atoms with Crippen molar-refractivity contribution in [1.82, 2.24) is 4.98 Å². The zero-order valence-electron chi connectivity index (χ0n) is 12.2. The molecule has 1 N–H and O–H groups in total. The number of aliphatic imine (C=N–C) groups is 1. The van der Waals surface area contributed by atoms with Gasteiger partial charge in [0.2, 0.25) is 0 Å². The Hall–Kier alpha value is -1.66. The molecule has 0 amide bonds. The maximum Gasteiger partial charge on any atom is 0.336 e. The minimum absolute atomic E-state index is 0.290. The summed E-state index contributed by atoms with van der Waals surface area (Å²) < 4.78 is 15.9. The third-order valence-corrected chi connectivity index (χ3v) is 2.44. The fourth-order valence-electron chi connectivity index (χ4n) is 1.61. The molecule has 0 fully saturated rings. The van der Waals surface area contributed by atoms with Gasteiger partial charge in [-0.1, -0.05) is 0 Å². The molecule has 1 heterocycles. The smallest absolute Gasteiger partial charge is 0.336 e. The van der Waals surface area contributed by atoms with Crippen LogP contribution in [0.15, 0.2) is 23.3 Å². The van der Waals surface area contributed by atoms with Crippen molar-refractivity contribution in [2.45, 2.75) is 33.1 Å². The van der Waals surface area contributed by atoms with Gasteiger partial charge >= 0.3 is 5.97 Å². The normalized spacial score (nSPS) is 13.0. The lowest BCUT2D eigenvalue weighted by Gasteiger charge is -2.22. The van der Waals surface area contributed by atoms with Crippen LogP contribution in [0.25, 0.3) is 0 Å². The Balaban J connectivity index is 2.84. The van der Waals surface area contributed by atoms with Gasteiger partial charge in [-0.3, -0.25) is 4.99 Å². The number of ether oxygens (including phenoxy) is 3. The summed E-state index contributed by atoms with van der Waals surface area (Å²) in [7, 11) is 0. The van der Waals surface area contributed by atoms with E-state index in [1.807, 2.05) is 26.0 Å². The Morgan fingerprint density at radius 1 is 1.30 bits per heavy atom. The number of esters is 1. The fraction of sp³-hybridized carbons (Fsp3) is 0.571. The average Bonchev–Trinajstić information content (AvgIpc) is 2.93. The highest BCUT2D eigenvalue weighted by Gasteiger charge is 2.30. The van der Waals surface area contributed by atoms with E-state index in [0.29, 0.717) is 19.8 Å². The summed E-state index contributed by atoms with van der Waals surface area (Å²) in [6.45, 7) is 6.57. The number of rotatable bonds is 9. The van der Waals surface area contributed by atoms with E-state index in [0.717, 1.165) is 5.69 Å². The molecule has 0 aromatic carbocycles. The average molecular weight is 282 g/mol. The third kappa shape index (κ3) is 5.14. The lowest BCUT2D eigenvalue weighted by molar-refractivity contribution is -0.174. The number of hydrogen-bond acceptors (Lipinski definition) is 5. The molecular weight excluding hydrogens is 260 g/mol. The molecule has 1 aromatic rings. The third-order valence-electron chi connectivity index (χ3n) is 2.44. The van der Waals surface area contributed by atoms with Gasteiger partial charge in [0, 0.05) is 25.6 Å². The molecule has 6 heteroatoms. The number of nitrogens with one attached hydrogen (secondary N) is 1. The van der Waals surface area contributed by atoms with E-state index in [9.17, 15) is 4.79 Å². The van der Waals surface area contributed by atoms with Crippen LogP contribution in [0, 0.1) is 0 Å². The van der Waals surface area contributed by atoms with Crippen LogP contribution >= 0.6 is 0 Å². The van der Waals surface area contributed by atoms with Crippen LogP contribution in [0.5, 0.6) is 0 Å². The van der Waals surface area contributed by atoms with E-state index < -0.39 is 18.3 Å². The number of carbonyl (C=O) groups is 1. The van der Waals surface area contributed by atoms with E-state index in [2.05, 4.69) is 9.98 Å². The molecular formula is C14H22N2O4. The van der Waals surface area contributed by atoms with Gasteiger partial charge in [-0.05, 0) is 32.9 Å². The molecule has 1 unspecified atom stereocenters. The van der Waals surface area contributed by atoms with Crippen molar-refractivity contribution < 1.29 is 19.0 Å². The SMILES string of the molecule is CCOC(=O)C(/N=C\c1ccc[nH]1)C(OCC)OCC. The lowest BCUT2D eigenvalue weighted by Crippen LogP contribution is -2.38. The van der Waals surface area contributed by atoms with E-state index in [1.165, 1.54) is 0 Å². The summed E-state index contributed by atoms with van der Waals surface area (Å²) >= 11 is 0. The van der Waals surface area contributed by atoms with Crippen molar-refractivity contribution in [3.63, 3.8) is 0 Å². The molecule has 1 rings (SSSR count). The molecule has 0 aliphatic rings. The molecule has 1 atom stereocenters. The van der Waals surface area contributed by atoms with Gasteiger partial charge in [0.25, 0.3) is 0 Å². The first-order valence-corrected chi connectivity index (χ1v) is 6.79. The molecule has 0 saturated carbocycles. The highest BCUT2D eigenvalue weighted by Crippen LogP contribution is 2.09. The summed E-state index contributed by atoms with van der Waals surface area (Å²) in [6.07, 6.45) is 2.62. The topological polar surface area (TPSA) is 72.9 Å². The van der Waals surface area contributed by atoms with Gasteiger partial charge in [-0.15, -0.1) is 0 Å². The van der Waals surface area contributed by atoms with Crippen molar-refractivity contribution in [3.05, 3.63) is 24.0 Å². The summed E-state index contributed by atoms with van der Waals surface area (Å²) in [5.41, 5.74) is 0.797. The van der Waals surface area contributed by atoms with Gasteiger partial charge in [0.05, 0.1) is 12.3 Å². The molecule has 0 spiro atoms. The molecule has 20 heavy (non-hydrogen) atoms. The maximum atomic E-state index is 12.0. The molecule has 1 aromatic heterocycles. The zero-order chi connectivity index (χ0) is 14.8. The van der Waals surface area contributed by atoms with Gasteiger partial charge in [-0.25, -0.2) is 4.79 Å². The van der Waals surface area contributed by atoms with Crippen LogP contribution in [-0.2, 0) is 19.0 Å². The second kappa shape index (κ2) is 9.28. The number of carbonyl (C=O) groups excluding carboxylic acids is 1. The zero-order valence-corrected chi connectivity index (χ0v) is 12.2. The van der Waals surface area contributed by atoms with E-state index in [-0.39, 0.29) is 0 Å². The predicted molar refractivity (Wildman–Crippen MR) is 75.8 cm³/mol. The van der Waals surface area contributed by atoms with Crippen LogP contribution in [0.1, 0.15) is 26.5 Å². The summed E-state index contributed by atoms with van der Waals surface area (Å²) in [5, 5.41) is 0. The van der Waals surface area contributed by atoms with E-state index in [1.54, 1.807) is 19.3 Å². The minimum Gasteiger partial charge on any atom is -0.464 e. The Bertz CT molecular complexity index is 397. The Labute approximate surface area is 119 Å². The van der Waals surface area contributed by atoms with Gasteiger partial charge in [-0.2, -0.15) is 0 Å². The second-order valence-corrected chi connectivity index (χ2v) is 3.88. The first-order chi connectivity index (χ1) is 9.72. The van der Waals surface area contributed by atoms with Crippen LogP contribution in [0.4, 0.5) is 0 Å². The second-order valence-electron chi connectivity index (χ2n) is 3.88. The number of nitrogens with zero attached hydrogens (tertiary/aromatic N) is 1. The quantitative estimate of drug-likeness (QED) is 0.425. The monoisotopic (exact) mass is 282 g/mol. The molecule has 0 radical (unpaired) electrons. The fourth-order valence-corrected chi connectivity index (χ4v) is 1.61. The van der Waals surface area contributed by atoms with Gasteiger partial charge < -0.3 is 19.2 Å². The molecule has 0 aliphatic carbocycles. The largest absolute Gasteiger partial charge is 0.464 e. The van der Waals surface area contributed by atoms with Crippen molar-refractivity contribution in [2.24, 2.45) is 4.99 Å². The standard InChI is InChI=1S/C14H22N2O4/c1-4-18-13(17)12(14(19-5-2)20-6-3)16-10-11-8-7-9-15-11/h7-10,12,14-15H,4-6H2,1-3H3/b16-10-. The van der Waals surface area contributed by atoms with Crippen molar-refractivity contribution in [3.8, 4) is 0 Å². The minimum atomic E-state index is -0.835. The van der Waals surface area contributed by atoms with Crippen molar-refractivity contribution in [2.75, 3.05) is 19.8 Å². The Morgan fingerprint density at radius 2 is 2.00 bits per heavy atom. The number of aromatic nitrogens is 1. The molecule has 6 nitrogen and oxygen atoms in total. The summed E-state index contributed by atoms with van der Waals surface area (Å²) in [5.74, 6) is -0.456.